The van der Waals surface area contributed by atoms with Crippen LogP contribution in [0.1, 0.15) is 56.3 Å². The Balaban J connectivity index is 1.64. The quantitative estimate of drug-likeness (QED) is 0.378. The van der Waals surface area contributed by atoms with Crippen LogP contribution in [0.2, 0.25) is 0 Å². The van der Waals surface area contributed by atoms with Crippen LogP contribution < -0.4 is 10.6 Å². The Bertz CT molecular complexity index is 1020. The van der Waals surface area contributed by atoms with Crippen molar-refractivity contribution in [1.29, 1.82) is 0 Å². The average molecular weight is 482 g/mol. The zero-order valence-electron chi connectivity index (χ0n) is 21.0. The van der Waals surface area contributed by atoms with Crippen molar-refractivity contribution in [3.8, 4) is 0 Å². The summed E-state index contributed by atoms with van der Waals surface area (Å²) in [5.74, 6) is -1.22. The summed E-state index contributed by atoms with van der Waals surface area (Å²) >= 11 is 0. The van der Waals surface area contributed by atoms with Crippen LogP contribution in [0.3, 0.4) is 0 Å². The van der Waals surface area contributed by atoms with E-state index >= 15 is 0 Å². The molecule has 0 bridgehead atoms. The molecule has 0 radical (unpaired) electrons. The number of ketones is 1. The van der Waals surface area contributed by atoms with Gasteiger partial charge in [-0.05, 0) is 38.7 Å². The number of hydrogen-bond acceptors (Lipinski definition) is 5. The van der Waals surface area contributed by atoms with Gasteiger partial charge in [-0.2, -0.15) is 0 Å². The first kappa shape index (κ1) is 25.4. The SMILES string of the molecule is CC(C)NC(=O)[C@@H](C1CCCCC1)N(CCN1CCNCC1)C(=O)C(=O)c1c[nH]c2ccccc12. The van der Waals surface area contributed by atoms with E-state index in [1.165, 1.54) is 0 Å². The highest BCUT2D eigenvalue weighted by Crippen LogP contribution is 2.30. The minimum atomic E-state index is -0.637. The molecule has 0 spiro atoms. The van der Waals surface area contributed by atoms with Crippen LogP contribution in [0.15, 0.2) is 30.5 Å². The number of amides is 2. The first-order valence-corrected chi connectivity index (χ1v) is 13.1. The van der Waals surface area contributed by atoms with Crippen molar-refractivity contribution in [2.75, 3.05) is 39.3 Å². The van der Waals surface area contributed by atoms with Crippen molar-refractivity contribution in [2.24, 2.45) is 5.92 Å². The van der Waals surface area contributed by atoms with E-state index in [2.05, 4.69) is 20.5 Å². The molecule has 1 aliphatic heterocycles. The number of carbonyl (C=O) groups is 3. The summed E-state index contributed by atoms with van der Waals surface area (Å²) in [6, 6.07) is 6.82. The van der Waals surface area contributed by atoms with Gasteiger partial charge in [0.15, 0.2) is 0 Å². The van der Waals surface area contributed by atoms with Gasteiger partial charge in [0.1, 0.15) is 6.04 Å². The fourth-order valence-corrected chi connectivity index (χ4v) is 5.49. The van der Waals surface area contributed by atoms with Crippen molar-refractivity contribution in [2.45, 2.75) is 58.0 Å². The molecule has 8 heteroatoms. The van der Waals surface area contributed by atoms with Gasteiger partial charge in [0.25, 0.3) is 11.7 Å². The Labute approximate surface area is 207 Å². The van der Waals surface area contributed by atoms with Crippen LogP contribution in [0.4, 0.5) is 0 Å². The molecule has 1 saturated heterocycles. The van der Waals surface area contributed by atoms with E-state index in [0.717, 1.165) is 69.2 Å². The van der Waals surface area contributed by atoms with Gasteiger partial charge in [0, 0.05) is 62.4 Å². The van der Waals surface area contributed by atoms with Gasteiger partial charge in [-0.1, -0.05) is 37.5 Å². The summed E-state index contributed by atoms with van der Waals surface area (Å²) in [6.45, 7) is 8.46. The summed E-state index contributed by atoms with van der Waals surface area (Å²) in [5, 5.41) is 7.12. The van der Waals surface area contributed by atoms with Crippen LogP contribution in [0.5, 0.6) is 0 Å². The molecule has 1 aromatic heterocycles. The Morgan fingerprint density at radius 2 is 1.80 bits per heavy atom. The van der Waals surface area contributed by atoms with Crippen LogP contribution in [0.25, 0.3) is 10.9 Å². The van der Waals surface area contributed by atoms with Gasteiger partial charge >= 0.3 is 0 Å². The molecule has 2 heterocycles. The second kappa shape index (κ2) is 11.8. The lowest BCUT2D eigenvalue weighted by molar-refractivity contribution is -0.140. The van der Waals surface area contributed by atoms with E-state index in [9.17, 15) is 14.4 Å². The predicted molar refractivity (Wildman–Crippen MR) is 137 cm³/mol. The Hall–Kier alpha value is -2.71. The second-order valence-corrected chi connectivity index (χ2v) is 10.2. The van der Waals surface area contributed by atoms with Crippen molar-refractivity contribution in [1.82, 2.24) is 25.4 Å². The number of para-hydroxylation sites is 1. The van der Waals surface area contributed by atoms with Crippen LogP contribution in [-0.2, 0) is 9.59 Å². The van der Waals surface area contributed by atoms with Gasteiger partial charge in [-0.25, -0.2) is 0 Å². The van der Waals surface area contributed by atoms with Crippen molar-refractivity contribution in [3.05, 3.63) is 36.0 Å². The first-order valence-electron chi connectivity index (χ1n) is 13.1. The van der Waals surface area contributed by atoms with Crippen LogP contribution in [-0.4, -0.2) is 83.7 Å². The average Bonchev–Trinajstić information content (AvgIpc) is 3.30. The second-order valence-electron chi connectivity index (χ2n) is 10.2. The molecule has 2 amide bonds. The molecule has 8 nitrogen and oxygen atoms in total. The third-order valence-electron chi connectivity index (χ3n) is 7.29. The van der Waals surface area contributed by atoms with Gasteiger partial charge in [0.2, 0.25) is 5.91 Å². The Morgan fingerprint density at radius 3 is 2.51 bits per heavy atom. The molecule has 2 aliphatic rings. The van der Waals surface area contributed by atoms with Crippen LogP contribution in [0, 0.1) is 5.92 Å². The summed E-state index contributed by atoms with van der Waals surface area (Å²) in [7, 11) is 0. The van der Waals surface area contributed by atoms with Gasteiger partial charge in [-0.15, -0.1) is 0 Å². The van der Waals surface area contributed by atoms with Gasteiger partial charge in [-0.3, -0.25) is 19.3 Å². The third kappa shape index (κ3) is 6.11. The number of carbonyl (C=O) groups excluding carboxylic acids is 3. The number of benzene rings is 1. The zero-order chi connectivity index (χ0) is 24.8. The fraction of sp³-hybridized carbons (Fsp3) is 0.593. The van der Waals surface area contributed by atoms with E-state index in [-0.39, 0.29) is 17.9 Å². The number of rotatable bonds is 9. The smallest absolute Gasteiger partial charge is 0.295 e. The highest BCUT2D eigenvalue weighted by atomic mass is 16.2. The molecule has 1 aromatic carbocycles. The number of nitrogens with one attached hydrogen (secondary N) is 3. The number of aromatic nitrogens is 1. The van der Waals surface area contributed by atoms with Crippen LogP contribution >= 0.6 is 0 Å². The number of fused-ring (bicyclic) bond motifs is 1. The zero-order valence-corrected chi connectivity index (χ0v) is 21.0. The number of H-pyrrole nitrogens is 1. The number of piperazine rings is 1. The summed E-state index contributed by atoms with van der Waals surface area (Å²) in [5.41, 5.74) is 1.18. The van der Waals surface area contributed by atoms with Crippen molar-refractivity contribution in [3.63, 3.8) is 0 Å². The van der Waals surface area contributed by atoms with E-state index < -0.39 is 17.7 Å². The summed E-state index contributed by atoms with van der Waals surface area (Å²) in [6.07, 6.45) is 6.66. The topological polar surface area (TPSA) is 97.5 Å². The molecular weight excluding hydrogens is 442 g/mol. The van der Waals surface area contributed by atoms with E-state index in [0.29, 0.717) is 18.7 Å². The minimum absolute atomic E-state index is 0.0389. The highest BCUT2D eigenvalue weighted by Gasteiger charge is 2.40. The molecule has 1 saturated carbocycles. The Kier molecular flexibility index (Phi) is 8.57. The standard InChI is InChI=1S/C27H39N5O3/c1-19(2)30-26(34)24(20-8-4-3-5-9-20)32(17-16-31-14-12-28-13-15-31)27(35)25(33)22-18-29-23-11-7-6-10-21(22)23/h6-7,10-11,18-20,24,28-29H,3-5,8-9,12-17H2,1-2H3,(H,30,34)/t24-/m1/s1. The summed E-state index contributed by atoms with van der Waals surface area (Å²) in [4.78, 5) is 48.0. The van der Waals surface area contributed by atoms with E-state index in [1.807, 2.05) is 38.1 Å². The van der Waals surface area contributed by atoms with Gasteiger partial charge in [0.05, 0.1) is 5.56 Å². The number of aromatic amines is 1. The predicted octanol–water partition coefficient (Wildman–Crippen LogP) is 2.56. The monoisotopic (exact) mass is 481 g/mol. The molecular formula is C27H39N5O3. The lowest BCUT2D eigenvalue weighted by atomic mass is 9.82. The first-order chi connectivity index (χ1) is 17.0. The maximum atomic E-state index is 13.9. The molecule has 3 N–H and O–H groups in total. The lowest BCUT2D eigenvalue weighted by Crippen LogP contribution is -2.58. The molecule has 190 valence electrons. The fourth-order valence-electron chi connectivity index (χ4n) is 5.49. The molecule has 1 aliphatic carbocycles. The Morgan fingerprint density at radius 1 is 1.09 bits per heavy atom. The maximum Gasteiger partial charge on any atom is 0.295 e. The normalized spacial score (nSPS) is 18.5. The number of hydrogen-bond donors (Lipinski definition) is 3. The third-order valence-corrected chi connectivity index (χ3v) is 7.29. The molecule has 2 aromatic rings. The largest absolute Gasteiger partial charge is 0.360 e. The van der Waals surface area contributed by atoms with Gasteiger partial charge < -0.3 is 20.5 Å². The van der Waals surface area contributed by atoms with Crippen molar-refractivity contribution >= 4 is 28.5 Å². The maximum absolute atomic E-state index is 13.9. The highest BCUT2D eigenvalue weighted by molar-refractivity contribution is 6.45. The van der Waals surface area contributed by atoms with E-state index in [1.54, 1.807) is 11.1 Å². The molecule has 1 atom stereocenters. The minimum Gasteiger partial charge on any atom is -0.360 e. The molecule has 2 fully saturated rings. The van der Waals surface area contributed by atoms with E-state index in [4.69, 9.17) is 0 Å². The van der Waals surface area contributed by atoms with Crippen molar-refractivity contribution < 1.29 is 14.4 Å². The molecule has 35 heavy (non-hydrogen) atoms. The number of Topliss-reactive ketones (excluding diaryl/α,β-unsaturated/α-hetero) is 1. The molecule has 4 rings (SSSR count). The number of nitrogens with zero attached hydrogens (tertiary/aromatic N) is 2. The summed E-state index contributed by atoms with van der Waals surface area (Å²) < 4.78 is 0. The lowest BCUT2D eigenvalue weighted by Gasteiger charge is -2.39. The molecule has 0 unspecified atom stereocenters.